The lowest BCUT2D eigenvalue weighted by Crippen LogP contribution is -2.37. The molecule has 3 nitrogen and oxygen atoms in total. The van der Waals surface area contributed by atoms with Crippen molar-refractivity contribution in [2.75, 3.05) is 20.8 Å². The molecule has 15 heavy (non-hydrogen) atoms. The zero-order valence-corrected chi connectivity index (χ0v) is 13.1. The van der Waals surface area contributed by atoms with E-state index >= 15 is 0 Å². The van der Waals surface area contributed by atoms with Crippen LogP contribution in [0.5, 0.6) is 0 Å². The summed E-state index contributed by atoms with van der Waals surface area (Å²) in [7, 11) is 0.231. The van der Waals surface area contributed by atoms with Gasteiger partial charge in [0.15, 0.2) is 8.32 Å². The molecule has 0 aromatic rings. The van der Waals surface area contributed by atoms with Crippen LogP contribution in [0.4, 0.5) is 0 Å². The van der Waals surface area contributed by atoms with Crippen LogP contribution < -0.4 is 0 Å². The zero-order valence-electron chi connectivity index (χ0n) is 11.1. The average Bonchev–Trinajstić information content (AvgIpc) is 2.17. The van der Waals surface area contributed by atoms with Crippen molar-refractivity contribution in [2.24, 2.45) is 0 Å². The van der Waals surface area contributed by atoms with E-state index in [9.17, 15) is 0 Å². The molecule has 0 rings (SSSR count). The number of hydrogen-bond donors (Lipinski definition) is 0. The SMILES string of the molecule is CCO[Si](C)(C)CCC[Si](C)(OC)OC. The summed E-state index contributed by atoms with van der Waals surface area (Å²) >= 11 is 0. The van der Waals surface area contributed by atoms with Crippen molar-refractivity contribution >= 4 is 16.9 Å². The van der Waals surface area contributed by atoms with Gasteiger partial charge in [-0.25, -0.2) is 0 Å². The first-order chi connectivity index (χ1) is 6.89. The van der Waals surface area contributed by atoms with E-state index in [1.165, 1.54) is 6.04 Å². The molecule has 0 saturated carbocycles. The van der Waals surface area contributed by atoms with Gasteiger partial charge >= 0.3 is 8.56 Å². The van der Waals surface area contributed by atoms with Crippen LogP contribution >= 0.6 is 0 Å². The summed E-state index contributed by atoms with van der Waals surface area (Å²) in [6.07, 6.45) is 1.16. The summed E-state index contributed by atoms with van der Waals surface area (Å²) in [4.78, 5) is 0. The highest BCUT2D eigenvalue weighted by molar-refractivity contribution is 6.71. The van der Waals surface area contributed by atoms with Crippen molar-refractivity contribution in [3.8, 4) is 0 Å². The summed E-state index contributed by atoms with van der Waals surface area (Å²) in [6.45, 7) is 9.56. The summed E-state index contributed by atoms with van der Waals surface area (Å²) in [5.74, 6) is 0. The largest absolute Gasteiger partial charge is 0.418 e. The van der Waals surface area contributed by atoms with Gasteiger partial charge in [-0.2, -0.15) is 0 Å². The topological polar surface area (TPSA) is 27.7 Å². The molecule has 0 unspecified atom stereocenters. The fourth-order valence-electron chi connectivity index (χ4n) is 1.59. The van der Waals surface area contributed by atoms with E-state index in [0.29, 0.717) is 0 Å². The Morgan fingerprint density at radius 1 is 0.933 bits per heavy atom. The van der Waals surface area contributed by atoms with E-state index in [4.69, 9.17) is 13.3 Å². The number of rotatable bonds is 8. The van der Waals surface area contributed by atoms with Crippen molar-refractivity contribution in [1.82, 2.24) is 0 Å². The lowest BCUT2D eigenvalue weighted by molar-refractivity contribution is 0.248. The fraction of sp³-hybridized carbons (Fsp3) is 1.00. The summed E-state index contributed by atoms with van der Waals surface area (Å²) < 4.78 is 16.7. The van der Waals surface area contributed by atoms with Crippen LogP contribution in [0.1, 0.15) is 13.3 Å². The fourth-order valence-corrected chi connectivity index (χ4v) is 5.29. The predicted molar refractivity (Wildman–Crippen MR) is 69.0 cm³/mol. The van der Waals surface area contributed by atoms with Gasteiger partial charge < -0.3 is 13.3 Å². The summed E-state index contributed by atoms with van der Waals surface area (Å²) in [5.41, 5.74) is 0. The monoisotopic (exact) mass is 250 g/mol. The third kappa shape index (κ3) is 6.47. The molecule has 0 heterocycles. The lowest BCUT2D eigenvalue weighted by atomic mass is 10.6. The van der Waals surface area contributed by atoms with Gasteiger partial charge in [0, 0.05) is 20.8 Å². The molecule has 0 saturated heterocycles. The minimum Gasteiger partial charge on any atom is -0.418 e. The maximum atomic E-state index is 5.78. The molecule has 0 radical (unpaired) electrons. The van der Waals surface area contributed by atoms with Gasteiger partial charge in [0.2, 0.25) is 0 Å². The molecular formula is C10H26O3Si2. The first-order valence-corrected chi connectivity index (χ1v) is 11.3. The van der Waals surface area contributed by atoms with E-state index in [-0.39, 0.29) is 0 Å². The quantitative estimate of drug-likeness (QED) is 0.620. The molecule has 0 aliphatic rings. The standard InChI is InChI=1S/C10H26O3Si2/c1-7-13-14(4,5)9-8-10-15(6,11-2)12-3/h7-10H2,1-6H3. The second-order valence-electron chi connectivity index (χ2n) is 4.59. The van der Waals surface area contributed by atoms with E-state index in [1.54, 1.807) is 14.2 Å². The van der Waals surface area contributed by atoms with Crippen LogP contribution in [-0.4, -0.2) is 37.7 Å². The Balaban J connectivity index is 3.87. The van der Waals surface area contributed by atoms with Crippen LogP contribution in [0, 0.1) is 0 Å². The highest BCUT2D eigenvalue weighted by Crippen LogP contribution is 2.21. The third-order valence-corrected chi connectivity index (χ3v) is 8.43. The third-order valence-electron chi connectivity index (χ3n) is 2.81. The first-order valence-electron chi connectivity index (χ1n) is 5.63. The second kappa shape index (κ2) is 6.80. The molecule has 0 fully saturated rings. The van der Waals surface area contributed by atoms with E-state index < -0.39 is 16.9 Å². The summed E-state index contributed by atoms with van der Waals surface area (Å²) in [6, 6.07) is 2.25. The zero-order chi connectivity index (χ0) is 11.9. The minimum absolute atomic E-state index is 0.836. The smallest absolute Gasteiger partial charge is 0.334 e. The van der Waals surface area contributed by atoms with Gasteiger partial charge in [0.25, 0.3) is 0 Å². The molecule has 0 spiro atoms. The van der Waals surface area contributed by atoms with Crippen LogP contribution in [-0.2, 0) is 13.3 Å². The van der Waals surface area contributed by atoms with E-state index in [0.717, 1.165) is 19.1 Å². The average molecular weight is 250 g/mol. The first kappa shape index (κ1) is 15.3. The molecule has 0 aromatic carbocycles. The Morgan fingerprint density at radius 3 is 1.87 bits per heavy atom. The van der Waals surface area contributed by atoms with Gasteiger partial charge in [-0.05, 0) is 38.7 Å². The minimum atomic E-state index is -1.85. The Morgan fingerprint density at radius 2 is 1.47 bits per heavy atom. The molecule has 5 heteroatoms. The van der Waals surface area contributed by atoms with Gasteiger partial charge in [0.1, 0.15) is 0 Å². The van der Waals surface area contributed by atoms with Crippen molar-refractivity contribution in [3.05, 3.63) is 0 Å². The predicted octanol–water partition coefficient (Wildman–Crippen LogP) is 2.98. The van der Waals surface area contributed by atoms with Gasteiger partial charge in [-0.15, -0.1) is 0 Å². The highest BCUT2D eigenvalue weighted by Gasteiger charge is 2.30. The van der Waals surface area contributed by atoms with Crippen LogP contribution in [0.15, 0.2) is 0 Å². The summed E-state index contributed by atoms with van der Waals surface area (Å²) in [5, 5.41) is 0. The maximum Gasteiger partial charge on any atom is 0.334 e. The van der Waals surface area contributed by atoms with Gasteiger partial charge in [0.05, 0.1) is 0 Å². The molecule has 0 amide bonds. The van der Waals surface area contributed by atoms with Crippen LogP contribution in [0.3, 0.4) is 0 Å². The Labute approximate surface area is 96.5 Å². The van der Waals surface area contributed by atoms with Crippen LogP contribution in [0.25, 0.3) is 0 Å². The Kier molecular flexibility index (Phi) is 6.94. The molecule has 0 N–H and O–H groups in total. The highest BCUT2D eigenvalue weighted by atomic mass is 28.4. The van der Waals surface area contributed by atoms with E-state index in [1.807, 2.05) is 0 Å². The van der Waals surface area contributed by atoms with Crippen molar-refractivity contribution < 1.29 is 13.3 Å². The maximum absolute atomic E-state index is 5.78. The Hall–Kier alpha value is 0.314. The Bertz CT molecular complexity index is 170. The molecule has 0 bridgehead atoms. The lowest BCUT2D eigenvalue weighted by Gasteiger charge is -2.26. The molecule has 0 aromatic heterocycles. The normalized spacial score (nSPS) is 13.2. The van der Waals surface area contributed by atoms with E-state index in [2.05, 4.69) is 26.6 Å². The number of hydrogen-bond acceptors (Lipinski definition) is 3. The van der Waals surface area contributed by atoms with Crippen LogP contribution in [0.2, 0.25) is 31.7 Å². The molecule has 0 aliphatic carbocycles. The van der Waals surface area contributed by atoms with Crippen molar-refractivity contribution in [3.63, 3.8) is 0 Å². The molecule has 0 atom stereocenters. The molecule has 0 aliphatic heterocycles. The van der Waals surface area contributed by atoms with Crippen molar-refractivity contribution in [2.45, 2.75) is 45.1 Å². The molecular weight excluding hydrogens is 224 g/mol. The second-order valence-corrected chi connectivity index (χ2v) is 12.5. The molecule has 92 valence electrons. The van der Waals surface area contributed by atoms with Crippen molar-refractivity contribution in [1.29, 1.82) is 0 Å². The van der Waals surface area contributed by atoms with Gasteiger partial charge in [-0.3, -0.25) is 0 Å². The van der Waals surface area contributed by atoms with Gasteiger partial charge in [-0.1, -0.05) is 6.42 Å².